The predicted octanol–water partition coefficient (Wildman–Crippen LogP) is 28.6. The van der Waals surface area contributed by atoms with E-state index < -0.39 is 0 Å². The highest BCUT2D eigenvalue weighted by atomic mass is 79.9. The number of hydrogen-bond acceptors (Lipinski definition) is 7. The van der Waals surface area contributed by atoms with Crippen molar-refractivity contribution in [1.29, 1.82) is 0 Å². The fourth-order valence-corrected chi connectivity index (χ4v) is 14.7. The maximum Gasteiger partial charge on any atom is 0.569 e. The van der Waals surface area contributed by atoms with E-state index in [1.165, 1.54) is 33.4 Å². The highest BCUT2D eigenvalue weighted by molar-refractivity contribution is 9.10. The van der Waals surface area contributed by atoms with Crippen molar-refractivity contribution in [3.05, 3.63) is 330 Å². The van der Waals surface area contributed by atoms with Crippen LogP contribution in [0.4, 0.5) is 0 Å². The third-order valence-corrected chi connectivity index (χ3v) is 19.8. The van der Waals surface area contributed by atoms with Crippen molar-refractivity contribution < 1.29 is 31.8 Å². The zero-order valence-electron chi connectivity index (χ0n) is 53.3. The Balaban J connectivity index is 0.000000152. The zero-order valence-corrected chi connectivity index (χ0v) is 56.5. The Morgan fingerprint density at radius 3 is 0.757 bits per heavy atom. The third-order valence-electron chi connectivity index (χ3n) is 18.8. The molecular weight excluding hydrogens is 1400 g/mol. The lowest BCUT2D eigenvalue weighted by Crippen LogP contribution is -1.99. The van der Waals surface area contributed by atoms with Crippen molar-refractivity contribution in [3.8, 4) is 83.6 Å². The Morgan fingerprint density at radius 2 is 0.437 bits per heavy atom. The van der Waals surface area contributed by atoms with Crippen molar-refractivity contribution in [3.63, 3.8) is 0 Å². The van der Waals surface area contributed by atoms with E-state index in [1.807, 2.05) is 103 Å². The topological polar surface area (TPSA) is 95.2 Å². The molecule has 10 heteroatoms. The zero-order chi connectivity index (χ0) is 66.8. The van der Waals surface area contributed by atoms with Crippen LogP contribution in [-0.2, 0) is 0 Å². The molecule has 1 radical (unpaired) electrons. The minimum absolute atomic E-state index is 0. The van der Waals surface area contributed by atoms with Crippen LogP contribution in [0.25, 0.3) is 188 Å². The first-order valence-corrected chi connectivity index (χ1v) is 34.5. The second kappa shape index (κ2) is 28.2. The number of benzene rings is 15. The predicted molar refractivity (Wildman–Crippen MR) is 438 cm³/mol. The van der Waals surface area contributed by atoms with Gasteiger partial charge in [-0.1, -0.05) is 224 Å². The van der Waals surface area contributed by atoms with Crippen molar-refractivity contribution >= 4 is 149 Å². The van der Waals surface area contributed by atoms with Gasteiger partial charge in [0.1, 0.15) is 61.6 Å². The van der Waals surface area contributed by atoms with Crippen LogP contribution < -0.4 is 4.65 Å². The minimum atomic E-state index is 0. The highest BCUT2D eigenvalue weighted by Crippen LogP contribution is 2.42. The monoisotopic (exact) mass is 1460 g/mol. The molecule has 103 heavy (non-hydrogen) atoms. The van der Waals surface area contributed by atoms with E-state index in [1.54, 1.807) is 6.07 Å². The largest absolute Gasteiger partial charge is 0.569 e. The summed E-state index contributed by atoms with van der Waals surface area (Å²) in [7, 11) is 0.686. The summed E-state index contributed by atoms with van der Waals surface area (Å²) >= 11 is 7.05. The molecule has 0 aliphatic carbocycles. The van der Waals surface area contributed by atoms with Crippen LogP contribution in [0.2, 0.25) is 0 Å². The summed E-state index contributed by atoms with van der Waals surface area (Å²) in [6.07, 6.45) is 0. The Bertz CT molecular complexity index is 6570. The number of halogens is 2. The van der Waals surface area contributed by atoms with Gasteiger partial charge in [-0.15, -0.1) is 0 Å². The summed E-state index contributed by atoms with van der Waals surface area (Å²) < 4.78 is 37.5. The molecule has 0 aliphatic heterocycles. The van der Waals surface area contributed by atoms with Gasteiger partial charge in [-0.2, -0.15) is 0 Å². The molecule has 1 N–H and O–H groups in total. The summed E-state index contributed by atoms with van der Waals surface area (Å²) in [5.74, 6) is 0.595. The fraction of sp³-hybridized carbons (Fsp3) is 0.0323. The maximum absolute atomic E-state index is 8.75. The molecule has 0 spiro atoms. The van der Waals surface area contributed by atoms with Gasteiger partial charge in [0.15, 0.2) is 0 Å². The molecule has 0 bridgehead atoms. The second-order valence-electron chi connectivity index (χ2n) is 24.9. The van der Waals surface area contributed by atoms with E-state index in [9.17, 15) is 0 Å². The van der Waals surface area contributed by atoms with Crippen LogP contribution in [0.5, 0.6) is 5.75 Å². The quantitative estimate of drug-likeness (QED) is 0.144. The number of rotatable bonds is 9. The van der Waals surface area contributed by atoms with Gasteiger partial charge in [-0.3, -0.25) is 0 Å². The molecule has 5 heterocycles. The van der Waals surface area contributed by atoms with Crippen LogP contribution in [0.15, 0.2) is 353 Å². The molecule has 497 valence electrons. The van der Waals surface area contributed by atoms with Crippen LogP contribution in [0.3, 0.4) is 0 Å². The van der Waals surface area contributed by atoms with Crippen molar-refractivity contribution in [2.45, 2.75) is 22.3 Å². The SMILES string of the molecule is Brc1cccc(-c2ccc3oc4ccc(Br)cc4c3c2)c1.C.C.C.O[B]Oc1cccc(-c2ccc3oc4ccccc4c3c2)c1.c1cc(-c2cccc(-c3ccc4oc5ccc(-c6cccc(-c7ccc8oc9ccccc9c8c7)c6)cc5c4c3)c2)cc(-c2ccc3oc4ccccc4c3c2)c1. The fourth-order valence-electron chi connectivity index (χ4n) is 13.9. The summed E-state index contributed by atoms with van der Waals surface area (Å²) in [6.45, 7) is 0. The molecule has 0 aliphatic rings. The molecule has 7 nitrogen and oxygen atoms in total. The van der Waals surface area contributed by atoms with E-state index in [0.717, 1.165) is 163 Å². The first kappa shape index (κ1) is 66.9. The lowest BCUT2D eigenvalue weighted by molar-refractivity contribution is 0.454. The normalized spacial score (nSPS) is 11.2. The maximum atomic E-state index is 8.75. The van der Waals surface area contributed by atoms with Crippen LogP contribution in [0, 0.1) is 0 Å². The molecule has 0 saturated carbocycles. The molecule has 0 unspecified atom stereocenters. The van der Waals surface area contributed by atoms with Gasteiger partial charge >= 0.3 is 7.69 Å². The van der Waals surface area contributed by atoms with Crippen molar-refractivity contribution in [2.24, 2.45) is 0 Å². The van der Waals surface area contributed by atoms with Crippen molar-refractivity contribution in [1.82, 2.24) is 0 Å². The van der Waals surface area contributed by atoms with Gasteiger partial charge in [0.25, 0.3) is 0 Å². The number of para-hydroxylation sites is 3. The summed E-state index contributed by atoms with van der Waals surface area (Å²) in [5, 5.41) is 20.0. The molecule has 0 fully saturated rings. The van der Waals surface area contributed by atoms with Gasteiger partial charge in [0.2, 0.25) is 0 Å². The number of furan rings is 5. The molecule has 20 aromatic rings. The van der Waals surface area contributed by atoms with E-state index in [2.05, 4.69) is 244 Å². The molecule has 0 saturated heterocycles. The van der Waals surface area contributed by atoms with E-state index >= 15 is 0 Å². The molecule has 0 atom stereocenters. The lowest BCUT2D eigenvalue weighted by Gasteiger charge is -2.09. The Morgan fingerprint density at radius 1 is 0.204 bits per heavy atom. The number of fused-ring (bicyclic) bond motifs is 15. The number of hydrogen-bond donors (Lipinski definition) is 1. The average Bonchev–Trinajstić information content (AvgIpc) is 1.67. The van der Waals surface area contributed by atoms with Crippen LogP contribution in [-0.4, -0.2) is 12.7 Å². The lowest BCUT2D eigenvalue weighted by atomic mass is 9.95. The minimum Gasteiger partial charge on any atom is -0.537 e. The molecule has 5 aromatic heterocycles. The van der Waals surface area contributed by atoms with Gasteiger partial charge in [0.05, 0.1) is 0 Å². The molecule has 15 aromatic carbocycles. The second-order valence-corrected chi connectivity index (χ2v) is 26.7. The smallest absolute Gasteiger partial charge is 0.537 e. The molecular formula is C93H66BBr2O7. The van der Waals surface area contributed by atoms with E-state index in [-0.39, 0.29) is 22.3 Å². The average molecular weight is 1470 g/mol. The van der Waals surface area contributed by atoms with Crippen LogP contribution in [0.1, 0.15) is 22.3 Å². The third kappa shape index (κ3) is 12.9. The standard InChI is InChI=1S/C54H32O3.C18H12BO3.C18H10Br2O.3CH4/c1-3-16-49-43(14-1)45-29-39(18-22-51(45)55-49)35-10-5-8-33(26-35)34-9-6-11-36(27-34)41-20-24-53-47(31-41)48-32-42(21-25-54(48)57-53)38-13-7-12-37(28-38)40-19-23-52-46(30-40)44-15-2-4-17-50(44)56-52;20-19-22-14-5-3-4-12(10-14)13-8-9-18-16(11-13)15-6-1-2-7-17(15)21-18;19-13-3-1-2-11(8-13)12-4-6-17-15(9-12)16-10-14(20)5-7-18(16)21-17;;;/h1-32H;1-11,20H;1-10H;3*1H4. The molecule has 0 amide bonds. The summed E-state index contributed by atoms with van der Waals surface area (Å²) in [6, 6.07) is 111. The van der Waals surface area contributed by atoms with Gasteiger partial charge in [-0.25, -0.2) is 0 Å². The van der Waals surface area contributed by atoms with Crippen molar-refractivity contribution in [2.75, 3.05) is 0 Å². The highest BCUT2D eigenvalue weighted by Gasteiger charge is 2.17. The van der Waals surface area contributed by atoms with Gasteiger partial charge in [0, 0.05) is 62.8 Å². The first-order chi connectivity index (χ1) is 49.2. The van der Waals surface area contributed by atoms with Gasteiger partial charge in [-0.05, 0) is 230 Å². The Kier molecular flexibility index (Phi) is 18.4. The van der Waals surface area contributed by atoms with Crippen LogP contribution >= 0.6 is 31.9 Å². The van der Waals surface area contributed by atoms with E-state index in [0.29, 0.717) is 13.4 Å². The molecule has 20 rings (SSSR count). The summed E-state index contributed by atoms with van der Waals surface area (Å²) in [4.78, 5) is 0. The Hall–Kier alpha value is -11.9. The van der Waals surface area contributed by atoms with E-state index in [4.69, 9.17) is 31.8 Å². The Labute approximate surface area is 613 Å². The first-order valence-electron chi connectivity index (χ1n) is 32.9. The van der Waals surface area contributed by atoms with Gasteiger partial charge < -0.3 is 31.8 Å². The summed E-state index contributed by atoms with van der Waals surface area (Å²) in [5.41, 5.74) is 25.1.